The third-order valence-corrected chi connectivity index (χ3v) is 6.00. The second kappa shape index (κ2) is 11.6. The molecular weight excluding hydrogens is 423 g/mol. The first-order valence-electron chi connectivity index (χ1n) is 11.7. The van der Waals surface area contributed by atoms with Gasteiger partial charge in [0, 0.05) is 32.1 Å². The molecule has 0 radical (unpaired) electrons. The monoisotopic (exact) mass is 462 g/mol. The normalized spacial score (nSPS) is 16.1. The highest BCUT2D eigenvalue weighted by Crippen LogP contribution is 2.21. The van der Waals surface area contributed by atoms with Gasteiger partial charge in [0.25, 0.3) is 5.91 Å². The molecular formula is C25H39FN4O3. The SMILES string of the molecule is CC(C)C(NC(=O)c1ccccc1F)C(=O)N1CCC(C(=O)NCC(C)(C)CN(C)C)CC1. The van der Waals surface area contributed by atoms with Gasteiger partial charge in [0.2, 0.25) is 11.8 Å². The van der Waals surface area contributed by atoms with Gasteiger partial charge in [-0.05, 0) is 50.4 Å². The largest absolute Gasteiger partial charge is 0.355 e. The van der Waals surface area contributed by atoms with Crippen LogP contribution < -0.4 is 10.6 Å². The number of nitrogens with zero attached hydrogens (tertiary/aromatic N) is 2. The summed E-state index contributed by atoms with van der Waals surface area (Å²) in [5, 5.41) is 5.77. The Balaban J connectivity index is 1.91. The molecule has 33 heavy (non-hydrogen) atoms. The van der Waals surface area contributed by atoms with E-state index in [9.17, 15) is 18.8 Å². The van der Waals surface area contributed by atoms with E-state index in [0.717, 1.165) is 6.54 Å². The highest BCUT2D eigenvalue weighted by Gasteiger charge is 2.33. The zero-order valence-electron chi connectivity index (χ0n) is 20.8. The number of hydrogen-bond donors (Lipinski definition) is 2. The maximum absolute atomic E-state index is 14.0. The van der Waals surface area contributed by atoms with Crippen LogP contribution in [0.4, 0.5) is 4.39 Å². The summed E-state index contributed by atoms with van der Waals surface area (Å²) >= 11 is 0. The van der Waals surface area contributed by atoms with Crippen LogP contribution in [-0.2, 0) is 9.59 Å². The first-order valence-corrected chi connectivity index (χ1v) is 11.7. The number of hydrogen-bond acceptors (Lipinski definition) is 4. The molecule has 2 N–H and O–H groups in total. The van der Waals surface area contributed by atoms with Crippen molar-refractivity contribution in [1.29, 1.82) is 0 Å². The van der Waals surface area contributed by atoms with Crippen LogP contribution in [0.2, 0.25) is 0 Å². The summed E-state index contributed by atoms with van der Waals surface area (Å²) in [4.78, 5) is 42.2. The molecule has 1 heterocycles. The summed E-state index contributed by atoms with van der Waals surface area (Å²) < 4.78 is 14.0. The topological polar surface area (TPSA) is 81.8 Å². The number of rotatable bonds is 9. The molecule has 1 saturated heterocycles. The lowest BCUT2D eigenvalue weighted by Gasteiger charge is -2.35. The highest BCUT2D eigenvalue weighted by molar-refractivity contribution is 5.97. The average molecular weight is 463 g/mol. The van der Waals surface area contributed by atoms with Crippen molar-refractivity contribution in [2.24, 2.45) is 17.3 Å². The van der Waals surface area contributed by atoms with Crippen LogP contribution in [0.3, 0.4) is 0 Å². The molecule has 2 rings (SSSR count). The Kier molecular flexibility index (Phi) is 9.40. The third-order valence-electron chi connectivity index (χ3n) is 6.00. The predicted octanol–water partition coefficient (Wildman–Crippen LogP) is 2.52. The van der Waals surface area contributed by atoms with Crippen molar-refractivity contribution in [3.05, 3.63) is 35.6 Å². The molecule has 184 valence electrons. The van der Waals surface area contributed by atoms with Crippen molar-refractivity contribution in [2.75, 3.05) is 40.3 Å². The molecule has 1 unspecified atom stereocenters. The molecule has 1 atom stereocenters. The molecule has 1 aliphatic rings. The van der Waals surface area contributed by atoms with Crippen LogP contribution in [0.15, 0.2) is 24.3 Å². The standard InChI is InChI=1S/C25H39FN4O3/c1-17(2)21(28-23(32)19-9-7-8-10-20(19)26)24(33)30-13-11-18(12-14-30)22(31)27-15-25(3,4)16-29(5)6/h7-10,17-18,21H,11-16H2,1-6H3,(H,27,31)(H,28,32). The molecule has 3 amide bonds. The van der Waals surface area contributed by atoms with Gasteiger partial charge in [0.15, 0.2) is 0 Å². The van der Waals surface area contributed by atoms with Crippen LogP contribution in [0.1, 0.15) is 50.9 Å². The van der Waals surface area contributed by atoms with Crippen molar-refractivity contribution >= 4 is 17.7 Å². The summed E-state index contributed by atoms with van der Waals surface area (Å²) in [6.07, 6.45) is 1.16. The number of carbonyl (C=O) groups is 3. The van der Waals surface area contributed by atoms with E-state index in [1.807, 2.05) is 27.9 Å². The molecule has 0 spiro atoms. The maximum Gasteiger partial charge on any atom is 0.254 e. The fourth-order valence-electron chi connectivity index (χ4n) is 4.32. The van der Waals surface area contributed by atoms with Crippen LogP contribution in [0.25, 0.3) is 0 Å². The van der Waals surface area contributed by atoms with E-state index in [1.165, 1.54) is 18.2 Å². The van der Waals surface area contributed by atoms with E-state index >= 15 is 0 Å². The molecule has 1 aromatic rings. The Morgan fingerprint density at radius 1 is 1.15 bits per heavy atom. The Bertz CT molecular complexity index is 833. The van der Waals surface area contributed by atoms with Gasteiger partial charge in [0.1, 0.15) is 11.9 Å². The summed E-state index contributed by atoms with van der Waals surface area (Å²) in [6.45, 7) is 10.3. The van der Waals surface area contributed by atoms with Gasteiger partial charge in [-0.1, -0.05) is 39.8 Å². The maximum atomic E-state index is 14.0. The third kappa shape index (κ3) is 7.81. The van der Waals surface area contributed by atoms with Gasteiger partial charge >= 0.3 is 0 Å². The van der Waals surface area contributed by atoms with Crippen molar-refractivity contribution in [3.8, 4) is 0 Å². The summed E-state index contributed by atoms with van der Waals surface area (Å²) in [5.74, 6) is -1.67. The summed E-state index contributed by atoms with van der Waals surface area (Å²) in [6, 6.07) is 4.96. The zero-order valence-corrected chi connectivity index (χ0v) is 20.8. The van der Waals surface area contributed by atoms with Gasteiger partial charge < -0.3 is 20.4 Å². The minimum absolute atomic E-state index is 0.0298. The lowest BCUT2D eigenvalue weighted by atomic mass is 9.91. The minimum atomic E-state index is -0.755. The minimum Gasteiger partial charge on any atom is -0.355 e. The van der Waals surface area contributed by atoms with Crippen molar-refractivity contribution in [2.45, 2.75) is 46.6 Å². The van der Waals surface area contributed by atoms with Gasteiger partial charge in [0.05, 0.1) is 5.56 Å². The van der Waals surface area contributed by atoms with Gasteiger partial charge in [-0.3, -0.25) is 14.4 Å². The van der Waals surface area contributed by atoms with E-state index in [4.69, 9.17) is 0 Å². The lowest BCUT2D eigenvalue weighted by molar-refractivity contribution is -0.138. The second-order valence-corrected chi connectivity index (χ2v) is 10.4. The van der Waals surface area contributed by atoms with Crippen molar-refractivity contribution in [3.63, 3.8) is 0 Å². The van der Waals surface area contributed by atoms with Crippen LogP contribution in [0.5, 0.6) is 0 Å². The Morgan fingerprint density at radius 2 is 1.76 bits per heavy atom. The highest BCUT2D eigenvalue weighted by atomic mass is 19.1. The quantitative estimate of drug-likeness (QED) is 0.591. The number of piperidine rings is 1. The number of benzene rings is 1. The Labute approximate surface area is 197 Å². The second-order valence-electron chi connectivity index (χ2n) is 10.4. The molecule has 0 aliphatic carbocycles. The lowest BCUT2D eigenvalue weighted by Crippen LogP contribution is -2.54. The fraction of sp³-hybridized carbons (Fsp3) is 0.640. The Hall–Kier alpha value is -2.48. The van der Waals surface area contributed by atoms with Crippen LogP contribution >= 0.6 is 0 Å². The van der Waals surface area contributed by atoms with Crippen LogP contribution in [0, 0.1) is 23.1 Å². The Morgan fingerprint density at radius 3 is 2.30 bits per heavy atom. The number of likely N-dealkylation sites (tertiary alicyclic amines) is 1. The smallest absolute Gasteiger partial charge is 0.254 e. The molecule has 1 fully saturated rings. The van der Waals surface area contributed by atoms with Crippen molar-refractivity contribution in [1.82, 2.24) is 20.4 Å². The first kappa shape index (κ1) is 26.8. The molecule has 8 heteroatoms. The molecule has 1 aromatic carbocycles. The molecule has 1 aliphatic heterocycles. The molecule has 0 bridgehead atoms. The van der Waals surface area contributed by atoms with E-state index in [1.54, 1.807) is 11.0 Å². The van der Waals surface area contributed by atoms with E-state index in [2.05, 4.69) is 29.4 Å². The van der Waals surface area contributed by atoms with Gasteiger partial charge in [-0.2, -0.15) is 0 Å². The fourth-order valence-corrected chi connectivity index (χ4v) is 4.32. The van der Waals surface area contributed by atoms with Gasteiger partial charge in [-0.15, -0.1) is 0 Å². The zero-order chi connectivity index (χ0) is 24.8. The van der Waals surface area contributed by atoms with E-state index in [-0.39, 0.29) is 34.6 Å². The average Bonchev–Trinajstić information content (AvgIpc) is 2.74. The number of carbonyl (C=O) groups excluding carboxylic acids is 3. The number of amides is 3. The van der Waals surface area contributed by atoms with E-state index < -0.39 is 17.8 Å². The molecule has 0 saturated carbocycles. The van der Waals surface area contributed by atoms with Crippen molar-refractivity contribution < 1.29 is 18.8 Å². The first-order chi connectivity index (χ1) is 15.4. The summed E-state index contributed by atoms with van der Waals surface area (Å²) in [7, 11) is 4.03. The number of halogens is 1. The number of nitrogens with one attached hydrogen (secondary N) is 2. The molecule has 0 aromatic heterocycles. The summed E-state index contributed by atoms with van der Waals surface area (Å²) in [5.41, 5.74) is -0.111. The van der Waals surface area contributed by atoms with E-state index in [0.29, 0.717) is 32.5 Å². The predicted molar refractivity (Wildman–Crippen MR) is 127 cm³/mol. The van der Waals surface area contributed by atoms with Crippen LogP contribution in [-0.4, -0.2) is 73.8 Å². The van der Waals surface area contributed by atoms with Gasteiger partial charge in [-0.25, -0.2) is 4.39 Å². The molecule has 7 nitrogen and oxygen atoms in total.